The van der Waals surface area contributed by atoms with E-state index in [-0.39, 0.29) is 17.4 Å². The first-order chi connectivity index (χ1) is 10.4. The highest BCUT2D eigenvalue weighted by Crippen LogP contribution is 2.69. The Bertz CT molecular complexity index is 615. The Balaban J connectivity index is 1.44. The highest BCUT2D eigenvalue weighted by atomic mass is 19.1. The van der Waals surface area contributed by atoms with Crippen molar-refractivity contribution in [2.45, 2.75) is 62.7 Å². The zero-order valence-corrected chi connectivity index (χ0v) is 13.0. The lowest BCUT2D eigenvalue weighted by Gasteiger charge is -2.65. The van der Waals surface area contributed by atoms with E-state index in [1.54, 1.807) is 0 Å². The molecule has 0 aromatic carbocycles. The summed E-state index contributed by atoms with van der Waals surface area (Å²) in [5.41, 5.74) is -0.107. The van der Waals surface area contributed by atoms with E-state index in [1.807, 2.05) is 17.9 Å². The van der Waals surface area contributed by atoms with Crippen LogP contribution in [0.4, 0.5) is 10.2 Å². The lowest BCUT2D eigenvalue weighted by molar-refractivity contribution is -0.160. The molecule has 1 amide bonds. The van der Waals surface area contributed by atoms with E-state index >= 15 is 0 Å². The minimum absolute atomic E-state index is 0.0760. The number of hydrogen-bond donors (Lipinski definition) is 1. The number of aromatic nitrogens is 2. The smallest absolute Gasteiger partial charge is 0.245 e. The summed E-state index contributed by atoms with van der Waals surface area (Å²) in [6.45, 7) is 4.75. The van der Waals surface area contributed by atoms with Crippen LogP contribution in [-0.4, -0.2) is 45.1 Å². The highest BCUT2D eigenvalue weighted by Gasteiger charge is 2.70. The van der Waals surface area contributed by atoms with Crippen molar-refractivity contribution >= 4 is 11.7 Å². The third-order valence-corrected chi connectivity index (χ3v) is 5.51. The number of hydrogen-bond acceptors (Lipinski definition) is 4. The van der Waals surface area contributed by atoms with Gasteiger partial charge in [0, 0.05) is 24.1 Å². The molecule has 1 aliphatic heterocycles. The van der Waals surface area contributed by atoms with Crippen molar-refractivity contribution in [2.24, 2.45) is 0 Å². The van der Waals surface area contributed by atoms with E-state index < -0.39 is 5.67 Å². The average molecular weight is 304 g/mol. The normalized spacial score (nSPS) is 36.7. The molecule has 0 radical (unpaired) electrons. The minimum Gasteiger partial charge on any atom is -0.359 e. The Labute approximate surface area is 129 Å². The standard InChI is InChI=1S/C16H21FN4O/c1-10-3-4-21(10)14(22)11(2)20-13-5-12(18-9-19-13)15-6-16(17,7-15)8-15/h5,9-11H,3-4,6-8H2,1-2H3,(H,18,19,20)/t10-,11+,15?,16?/m0/s1. The van der Waals surface area contributed by atoms with Gasteiger partial charge in [-0.25, -0.2) is 14.4 Å². The Hall–Kier alpha value is -1.72. The summed E-state index contributed by atoms with van der Waals surface area (Å²) in [7, 11) is 0. The van der Waals surface area contributed by atoms with E-state index in [0.717, 1.165) is 18.7 Å². The number of nitrogens with zero attached hydrogens (tertiary/aromatic N) is 3. The SMILES string of the molecule is C[C@@H](Nc1cc(C23CC(F)(C2)C3)ncn1)C(=O)N1CC[C@@H]1C. The molecule has 118 valence electrons. The monoisotopic (exact) mass is 304 g/mol. The maximum atomic E-state index is 13.7. The molecular formula is C16H21FN4O. The van der Waals surface area contributed by atoms with E-state index in [9.17, 15) is 9.18 Å². The molecule has 22 heavy (non-hydrogen) atoms. The van der Waals surface area contributed by atoms with Gasteiger partial charge >= 0.3 is 0 Å². The fraction of sp³-hybridized carbons (Fsp3) is 0.688. The summed E-state index contributed by atoms with van der Waals surface area (Å²) in [5, 5.41) is 3.16. The first kappa shape index (κ1) is 13.9. The number of anilines is 1. The topological polar surface area (TPSA) is 58.1 Å². The number of carbonyl (C=O) groups excluding carboxylic acids is 1. The van der Waals surface area contributed by atoms with Crippen LogP contribution >= 0.6 is 0 Å². The summed E-state index contributed by atoms with van der Waals surface area (Å²) < 4.78 is 13.7. The summed E-state index contributed by atoms with van der Waals surface area (Å²) in [5.74, 6) is 0.754. The van der Waals surface area contributed by atoms with E-state index in [4.69, 9.17) is 0 Å². The highest BCUT2D eigenvalue weighted by molar-refractivity contribution is 5.84. The molecular weight excluding hydrogens is 283 g/mol. The Morgan fingerprint density at radius 1 is 1.45 bits per heavy atom. The van der Waals surface area contributed by atoms with Crippen molar-refractivity contribution in [1.29, 1.82) is 0 Å². The number of likely N-dealkylation sites (tertiary alicyclic amines) is 1. The van der Waals surface area contributed by atoms with Crippen LogP contribution in [0, 0.1) is 0 Å². The number of carbonyl (C=O) groups is 1. The molecule has 1 aromatic heterocycles. The molecule has 4 aliphatic rings. The van der Waals surface area contributed by atoms with Gasteiger partial charge in [-0.05, 0) is 39.5 Å². The van der Waals surface area contributed by atoms with Crippen LogP contribution in [0.3, 0.4) is 0 Å². The van der Waals surface area contributed by atoms with Crippen LogP contribution in [-0.2, 0) is 10.2 Å². The van der Waals surface area contributed by atoms with Crippen LogP contribution in [0.25, 0.3) is 0 Å². The van der Waals surface area contributed by atoms with Crippen LogP contribution in [0.2, 0.25) is 0 Å². The van der Waals surface area contributed by atoms with Gasteiger partial charge in [-0.15, -0.1) is 0 Å². The first-order valence-corrected chi connectivity index (χ1v) is 7.99. The molecule has 4 fully saturated rings. The molecule has 1 aromatic rings. The number of amides is 1. The molecule has 5 rings (SSSR count). The van der Waals surface area contributed by atoms with Crippen molar-refractivity contribution < 1.29 is 9.18 Å². The number of nitrogens with one attached hydrogen (secondary N) is 1. The fourth-order valence-corrected chi connectivity index (χ4v) is 4.04. The molecule has 1 N–H and O–H groups in total. The second kappa shape index (κ2) is 4.40. The summed E-state index contributed by atoms with van der Waals surface area (Å²) in [6.07, 6.45) is 4.32. The Morgan fingerprint density at radius 2 is 2.18 bits per heavy atom. The second-order valence-electron chi connectivity index (χ2n) is 7.29. The van der Waals surface area contributed by atoms with Crippen molar-refractivity contribution in [1.82, 2.24) is 14.9 Å². The van der Waals surface area contributed by atoms with Crippen LogP contribution in [0.1, 0.15) is 45.2 Å². The van der Waals surface area contributed by atoms with E-state index in [2.05, 4.69) is 22.2 Å². The Morgan fingerprint density at radius 3 is 2.73 bits per heavy atom. The lowest BCUT2D eigenvalue weighted by Crippen LogP contribution is -2.67. The lowest BCUT2D eigenvalue weighted by atomic mass is 9.41. The van der Waals surface area contributed by atoms with E-state index in [1.165, 1.54) is 6.33 Å². The quantitative estimate of drug-likeness (QED) is 0.925. The number of halogens is 1. The molecule has 0 spiro atoms. The summed E-state index contributed by atoms with van der Waals surface area (Å²) in [6, 6.07) is 1.90. The van der Waals surface area contributed by atoms with Gasteiger partial charge in [0.1, 0.15) is 23.9 Å². The zero-order chi connectivity index (χ0) is 15.5. The van der Waals surface area contributed by atoms with Crippen LogP contribution in [0.5, 0.6) is 0 Å². The average Bonchev–Trinajstić information content (AvgIpc) is 2.41. The van der Waals surface area contributed by atoms with Crippen LogP contribution in [0.15, 0.2) is 12.4 Å². The third kappa shape index (κ3) is 1.92. The second-order valence-corrected chi connectivity index (χ2v) is 7.29. The summed E-state index contributed by atoms with van der Waals surface area (Å²) >= 11 is 0. The minimum atomic E-state index is -0.935. The third-order valence-electron chi connectivity index (χ3n) is 5.51. The van der Waals surface area contributed by atoms with Gasteiger partial charge in [0.25, 0.3) is 0 Å². The molecule has 2 atom stereocenters. The van der Waals surface area contributed by atoms with Gasteiger partial charge < -0.3 is 10.2 Å². The van der Waals surface area contributed by atoms with Gasteiger partial charge in [0.15, 0.2) is 0 Å². The maximum absolute atomic E-state index is 13.7. The van der Waals surface area contributed by atoms with E-state index in [0.29, 0.717) is 31.1 Å². The fourth-order valence-electron chi connectivity index (χ4n) is 4.04. The van der Waals surface area contributed by atoms with Crippen molar-refractivity contribution in [3.63, 3.8) is 0 Å². The Kier molecular flexibility index (Phi) is 2.78. The molecule has 3 aliphatic carbocycles. The predicted octanol–water partition coefficient (Wildman–Crippen LogP) is 2.04. The number of rotatable bonds is 4. The molecule has 1 saturated heterocycles. The van der Waals surface area contributed by atoms with Gasteiger partial charge in [-0.2, -0.15) is 0 Å². The molecule has 0 unspecified atom stereocenters. The molecule has 5 nitrogen and oxygen atoms in total. The first-order valence-electron chi connectivity index (χ1n) is 7.99. The van der Waals surface area contributed by atoms with Gasteiger partial charge in [0.2, 0.25) is 5.91 Å². The number of alkyl halides is 1. The zero-order valence-electron chi connectivity index (χ0n) is 13.0. The van der Waals surface area contributed by atoms with Crippen molar-refractivity contribution in [3.8, 4) is 0 Å². The maximum Gasteiger partial charge on any atom is 0.245 e. The van der Waals surface area contributed by atoms with Gasteiger partial charge in [0.05, 0.1) is 5.69 Å². The predicted molar refractivity (Wildman–Crippen MR) is 80.3 cm³/mol. The van der Waals surface area contributed by atoms with Crippen LogP contribution < -0.4 is 5.32 Å². The molecule has 2 bridgehead atoms. The molecule has 3 saturated carbocycles. The van der Waals surface area contributed by atoms with Crippen molar-refractivity contribution in [3.05, 3.63) is 18.1 Å². The largest absolute Gasteiger partial charge is 0.359 e. The van der Waals surface area contributed by atoms with Gasteiger partial charge in [-0.3, -0.25) is 4.79 Å². The van der Waals surface area contributed by atoms with Crippen molar-refractivity contribution in [2.75, 3.05) is 11.9 Å². The molecule has 6 heteroatoms. The van der Waals surface area contributed by atoms with Gasteiger partial charge in [-0.1, -0.05) is 0 Å². The summed E-state index contributed by atoms with van der Waals surface area (Å²) in [4.78, 5) is 22.7. The molecule has 2 heterocycles.